The lowest BCUT2D eigenvalue weighted by atomic mass is 9.61. The summed E-state index contributed by atoms with van der Waals surface area (Å²) in [6.07, 6.45) is 6.33. The normalized spacial score (nSPS) is 24.2. The molecule has 0 unspecified atom stereocenters. The summed E-state index contributed by atoms with van der Waals surface area (Å²) >= 11 is 0. The van der Waals surface area contributed by atoms with Crippen LogP contribution in [-0.2, 0) is 11.2 Å². The summed E-state index contributed by atoms with van der Waals surface area (Å²) in [7, 11) is 0. The fourth-order valence-corrected chi connectivity index (χ4v) is 4.17. The molecule has 1 aromatic rings. The number of nitrogens with one attached hydrogen (secondary N) is 2. The highest BCUT2D eigenvalue weighted by Gasteiger charge is 2.38. The molecule has 0 bridgehead atoms. The largest absolute Gasteiger partial charge is 0.381 e. The Labute approximate surface area is 169 Å². The van der Waals surface area contributed by atoms with Crippen molar-refractivity contribution < 1.29 is 10.0 Å². The van der Waals surface area contributed by atoms with Crippen LogP contribution in [0.25, 0.3) is 0 Å². The van der Waals surface area contributed by atoms with Gasteiger partial charge in [-0.1, -0.05) is 49.4 Å². The van der Waals surface area contributed by atoms with Crippen LogP contribution in [0, 0.1) is 17.3 Å². The molecule has 0 aliphatic heterocycles. The molecule has 0 saturated heterocycles. The number of hydrogen-bond donors (Lipinski definition) is 3. The SMILES string of the molecule is C=C[C@]1(C)CC[C@@H](C(=C)CNc2ccc(CCC(=O)NO)cc2)C[C@H]1C(=C)C. The van der Waals surface area contributed by atoms with Gasteiger partial charge in [0.15, 0.2) is 0 Å². The fourth-order valence-electron chi connectivity index (χ4n) is 4.17. The summed E-state index contributed by atoms with van der Waals surface area (Å²) in [5, 5.41) is 12.0. The van der Waals surface area contributed by atoms with E-state index in [9.17, 15) is 4.79 Å². The van der Waals surface area contributed by atoms with Gasteiger partial charge in [-0.15, -0.1) is 6.58 Å². The van der Waals surface area contributed by atoms with Crippen molar-refractivity contribution in [2.24, 2.45) is 17.3 Å². The number of hydroxylamine groups is 1. The van der Waals surface area contributed by atoms with E-state index in [-0.39, 0.29) is 17.7 Å². The van der Waals surface area contributed by atoms with Crippen LogP contribution in [0.1, 0.15) is 45.1 Å². The topological polar surface area (TPSA) is 61.4 Å². The van der Waals surface area contributed by atoms with Crippen molar-refractivity contribution in [1.82, 2.24) is 5.48 Å². The van der Waals surface area contributed by atoms with Gasteiger partial charge in [-0.05, 0) is 67.6 Å². The minimum absolute atomic E-state index is 0.138. The molecule has 0 aromatic heterocycles. The Hall–Kier alpha value is -2.33. The van der Waals surface area contributed by atoms with Gasteiger partial charge in [0, 0.05) is 18.7 Å². The minimum Gasteiger partial charge on any atom is -0.381 e. The maximum atomic E-state index is 11.1. The van der Waals surface area contributed by atoms with Gasteiger partial charge in [0.1, 0.15) is 0 Å². The lowest BCUT2D eigenvalue weighted by Crippen LogP contribution is -2.34. The average molecular weight is 383 g/mol. The Balaban J connectivity index is 1.87. The second-order valence-corrected chi connectivity index (χ2v) is 8.32. The molecule has 0 radical (unpaired) electrons. The van der Waals surface area contributed by atoms with E-state index >= 15 is 0 Å². The van der Waals surface area contributed by atoms with Gasteiger partial charge in [0.2, 0.25) is 5.91 Å². The Kier molecular flexibility index (Phi) is 7.64. The molecule has 1 fully saturated rings. The standard InChI is InChI=1S/C24H34N2O2/c1-6-24(5)14-13-20(15-22(24)17(2)3)18(4)16-25-21-10-7-19(8-11-21)9-12-23(27)26-28/h6-8,10-11,20,22,25,28H,1-2,4,9,12-16H2,3,5H3,(H,26,27)/t20-,22+,24-/m1/s1. The van der Waals surface area contributed by atoms with Crippen molar-refractivity contribution in [3.63, 3.8) is 0 Å². The van der Waals surface area contributed by atoms with E-state index in [0.29, 0.717) is 18.3 Å². The molecule has 4 heteroatoms. The number of carbonyl (C=O) groups is 1. The van der Waals surface area contributed by atoms with Crippen molar-refractivity contribution in [3.05, 3.63) is 66.8 Å². The smallest absolute Gasteiger partial charge is 0.243 e. The quantitative estimate of drug-likeness (QED) is 0.309. The number of allylic oxidation sites excluding steroid dienone is 2. The van der Waals surface area contributed by atoms with E-state index in [2.05, 4.69) is 45.0 Å². The minimum atomic E-state index is -0.369. The van der Waals surface area contributed by atoms with E-state index in [4.69, 9.17) is 5.21 Å². The summed E-state index contributed by atoms with van der Waals surface area (Å²) in [5.74, 6) is 0.584. The molecule has 3 N–H and O–H groups in total. The summed E-state index contributed by atoms with van der Waals surface area (Å²) in [4.78, 5) is 11.1. The second-order valence-electron chi connectivity index (χ2n) is 8.32. The van der Waals surface area contributed by atoms with Crippen LogP contribution in [0.2, 0.25) is 0 Å². The van der Waals surface area contributed by atoms with E-state index < -0.39 is 0 Å². The van der Waals surface area contributed by atoms with Crippen molar-refractivity contribution >= 4 is 11.6 Å². The molecule has 0 spiro atoms. The summed E-state index contributed by atoms with van der Waals surface area (Å²) < 4.78 is 0. The maximum absolute atomic E-state index is 11.1. The zero-order valence-corrected chi connectivity index (χ0v) is 17.3. The highest BCUT2D eigenvalue weighted by molar-refractivity contribution is 5.74. The molecule has 1 aromatic carbocycles. The highest BCUT2D eigenvalue weighted by Crippen LogP contribution is 2.48. The number of rotatable bonds is 9. The number of carbonyl (C=O) groups excluding carboxylic acids is 1. The van der Waals surface area contributed by atoms with Gasteiger partial charge >= 0.3 is 0 Å². The first-order valence-electron chi connectivity index (χ1n) is 10.0. The monoisotopic (exact) mass is 382 g/mol. The van der Waals surface area contributed by atoms with Crippen molar-refractivity contribution in [3.8, 4) is 0 Å². The Bertz CT molecular complexity index is 723. The number of anilines is 1. The molecule has 3 atom stereocenters. The lowest BCUT2D eigenvalue weighted by Gasteiger charge is -2.44. The van der Waals surface area contributed by atoms with E-state index in [1.165, 1.54) is 11.1 Å². The summed E-state index contributed by atoms with van der Waals surface area (Å²) in [5.41, 5.74) is 6.37. The third-order valence-electron chi connectivity index (χ3n) is 6.23. The second kappa shape index (κ2) is 9.74. The zero-order chi connectivity index (χ0) is 20.7. The third kappa shape index (κ3) is 5.59. The molecule has 2 rings (SSSR count). The predicted octanol–water partition coefficient (Wildman–Crippen LogP) is 5.28. The van der Waals surface area contributed by atoms with Crippen LogP contribution in [-0.4, -0.2) is 17.7 Å². The first-order valence-corrected chi connectivity index (χ1v) is 10.0. The summed E-state index contributed by atoms with van der Waals surface area (Å²) in [6.45, 7) is 17.8. The van der Waals surface area contributed by atoms with Gasteiger partial charge in [-0.3, -0.25) is 10.0 Å². The van der Waals surface area contributed by atoms with Crippen LogP contribution in [0.15, 0.2) is 61.2 Å². The van der Waals surface area contributed by atoms with Gasteiger partial charge in [0.25, 0.3) is 0 Å². The van der Waals surface area contributed by atoms with Crippen molar-refractivity contribution in [2.75, 3.05) is 11.9 Å². The van der Waals surface area contributed by atoms with Gasteiger partial charge in [-0.2, -0.15) is 0 Å². The van der Waals surface area contributed by atoms with E-state index in [1.807, 2.05) is 24.3 Å². The Morgan fingerprint density at radius 3 is 2.57 bits per heavy atom. The highest BCUT2D eigenvalue weighted by atomic mass is 16.5. The molecule has 1 aliphatic rings. The van der Waals surface area contributed by atoms with Crippen molar-refractivity contribution in [1.29, 1.82) is 0 Å². The number of benzene rings is 1. The number of amides is 1. The van der Waals surface area contributed by atoms with Crippen LogP contribution in [0.4, 0.5) is 5.69 Å². The van der Waals surface area contributed by atoms with Gasteiger partial charge < -0.3 is 5.32 Å². The fraction of sp³-hybridized carbons (Fsp3) is 0.458. The first kappa shape index (κ1) is 22.0. The van der Waals surface area contributed by atoms with Crippen LogP contribution >= 0.6 is 0 Å². The third-order valence-corrected chi connectivity index (χ3v) is 6.23. The van der Waals surface area contributed by atoms with Gasteiger partial charge in [-0.25, -0.2) is 5.48 Å². The molecule has 1 aliphatic carbocycles. The number of hydrogen-bond acceptors (Lipinski definition) is 3. The molecule has 28 heavy (non-hydrogen) atoms. The first-order chi connectivity index (χ1) is 13.3. The Morgan fingerprint density at radius 2 is 2.00 bits per heavy atom. The van der Waals surface area contributed by atoms with Crippen molar-refractivity contribution in [2.45, 2.75) is 46.0 Å². The van der Waals surface area contributed by atoms with E-state index in [0.717, 1.165) is 37.1 Å². The molecule has 1 saturated carbocycles. The van der Waals surface area contributed by atoms with Gasteiger partial charge in [0.05, 0.1) is 0 Å². The van der Waals surface area contributed by atoms with E-state index in [1.54, 1.807) is 5.48 Å². The molecular weight excluding hydrogens is 348 g/mol. The molecule has 152 valence electrons. The lowest BCUT2D eigenvalue weighted by molar-refractivity contribution is -0.129. The molecule has 0 heterocycles. The van der Waals surface area contributed by atoms with Crippen LogP contribution in [0.5, 0.6) is 0 Å². The zero-order valence-electron chi connectivity index (χ0n) is 17.3. The predicted molar refractivity (Wildman–Crippen MR) is 116 cm³/mol. The molecular formula is C24H34N2O2. The maximum Gasteiger partial charge on any atom is 0.243 e. The average Bonchev–Trinajstić information content (AvgIpc) is 2.70. The van der Waals surface area contributed by atoms with Crippen LogP contribution in [0.3, 0.4) is 0 Å². The Morgan fingerprint density at radius 1 is 1.32 bits per heavy atom. The summed E-state index contributed by atoms with van der Waals surface area (Å²) in [6, 6.07) is 8.05. The molecule has 4 nitrogen and oxygen atoms in total. The number of aryl methyl sites for hydroxylation is 1. The molecule has 1 amide bonds. The van der Waals surface area contributed by atoms with Crippen LogP contribution < -0.4 is 10.8 Å².